The van der Waals surface area contributed by atoms with Crippen LogP contribution in [0.2, 0.25) is 5.02 Å². The van der Waals surface area contributed by atoms with Gasteiger partial charge in [-0.25, -0.2) is 0 Å². The number of fused-ring (bicyclic) bond motifs is 1. The fourth-order valence-corrected chi connectivity index (χ4v) is 3.24. The van der Waals surface area contributed by atoms with E-state index >= 15 is 0 Å². The Labute approximate surface area is 112 Å². The Bertz CT molecular complexity index is 489. The van der Waals surface area contributed by atoms with Gasteiger partial charge in [0.05, 0.1) is 5.92 Å². The molecule has 4 heteroatoms. The molecule has 3 rings (SSSR count). The number of benzene rings is 1. The lowest BCUT2D eigenvalue weighted by atomic mass is 10.0. The quantitative estimate of drug-likeness (QED) is 0.846. The molecule has 1 aromatic rings. The number of carbonyl (C=O) groups is 1. The predicted molar refractivity (Wildman–Crippen MR) is 72.8 cm³/mol. The highest BCUT2D eigenvalue weighted by molar-refractivity contribution is 6.31. The van der Waals surface area contributed by atoms with Crippen LogP contribution in [0.15, 0.2) is 18.2 Å². The van der Waals surface area contributed by atoms with Gasteiger partial charge in [-0.1, -0.05) is 24.1 Å². The number of halogens is 1. The summed E-state index contributed by atoms with van der Waals surface area (Å²) < 4.78 is 0. The van der Waals surface area contributed by atoms with E-state index in [1.54, 1.807) is 0 Å². The molecule has 18 heavy (non-hydrogen) atoms. The Morgan fingerprint density at radius 3 is 2.94 bits per heavy atom. The molecule has 2 aliphatic rings. The Balaban J connectivity index is 1.87. The Hall–Kier alpha value is -1.06. The molecule has 1 aliphatic carbocycles. The normalized spacial score (nSPS) is 26.4. The van der Waals surface area contributed by atoms with E-state index in [9.17, 15) is 4.79 Å². The molecule has 0 saturated heterocycles. The number of rotatable bonds is 1. The van der Waals surface area contributed by atoms with Crippen LogP contribution in [-0.4, -0.2) is 18.5 Å². The summed E-state index contributed by atoms with van der Waals surface area (Å²) in [6.07, 6.45) is 3.87. The molecule has 3 nitrogen and oxygen atoms in total. The minimum atomic E-state index is -0.00469. The van der Waals surface area contributed by atoms with Gasteiger partial charge in [0.25, 0.3) is 0 Å². The van der Waals surface area contributed by atoms with Crippen molar-refractivity contribution >= 4 is 23.2 Å². The lowest BCUT2D eigenvalue weighted by Crippen LogP contribution is -2.41. The van der Waals surface area contributed by atoms with Crippen LogP contribution in [0.4, 0.5) is 5.69 Å². The fraction of sp³-hybridized carbons (Fsp3) is 0.500. The second-order valence-corrected chi connectivity index (χ2v) is 5.65. The SMILES string of the molecule is N[C@@H]1CCC[C@@H]1C(=O)N1CCc2ccc(Cl)cc21. The topological polar surface area (TPSA) is 46.3 Å². The van der Waals surface area contributed by atoms with Crippen LogP contribution in [0, 0.1) is 5.92 Å². The number of nitrogens with zero attached hydrogens (tertiary/aromatic N) is 1. The van der Waals surface area contributed by atoms with E-state index in [1.165, 1.54) is 5.56 Å². The summed E-state index contributed by atoms with van der Waals surface area (Å²) in [4.78, 5) is 14.4. The average Bonchev–Trinajstić information content (AvgIpc) is 2.94. The standard InChI is InChI=1S/C14H17ClN2O/c15-10-5-4-9-6-7-17(13(9)8-10)14(18)11-2-1-3-12(11)16/h4-5,8,11-12H,1-3,6-7,16H2/t11-,12+/m0/s1. The zero-order chi connectivity index (χ0) is 12.7. The van der Waals surface area contributed by atoms with Gasteiger partial charge in [-0.3, -0.25) is 4.79 Å². The van der Waals surface area contributed by atoms with E-state index in [-0.39, 0.29) is 17.9 Å². The minimum absolute atomic E-state index is 0.00469. The molecule has 1 fully saturated rings. The largest absolute Gasteiger partial charge is 0.327 e. The van der Waals surface area contributed by atoms with E-state index < -0.39 is 0 Å². The van der Waals surface area contributed by atoms with Crippen LogP contribution in [-0.2, 0) is 11.2 Å². The lowest BCUT2D eigenvalue weighted by molar-refractivity contribution is -0.122. The molecule has 0 spiro atoms. The second-order valence-electron chi connectivity index (χ2n) is 5.21. The van der Waals surface area contributed by atoms with Gasteiger partial charge in [0.2, 0.25) is 5.91 Å². The maximum absolute atomic E-state index is 12.5. The van der Waals surface area contributed by atoms with Gasteiger partial charge in [-0.2, -0.15) is 0 Å². The Morgan fingerprint density at radius 1 is 1.39 bits per heavy atom. The fourth-order valence-electron chi connectivity index (χ4n) is 3.08. The van der Waals surface area contributed by atoms with Crippen molar-refractivity contribution in [1.82, 2.24) is 0 Å². The molecular weight excluding hydrogens is 248 g/mol. The number of anilines is 1. The van der Waals surface area contributed by atoms with Gasteiger partial charge in [0.15, 0.2) is 0 Å². The summed E-state index contributed by atoms with van der Waals surface area (Å²) in [6, 6.07) is 5.82. The third-order valence-electron chi connectivity index (χ3n) is 4.10. The van der Waals surface area contributed by atoms with Gasteiger partial charge < -0.3 is 10.6 Å². The highest BCUT2D eigenvalue weighted by atomic mass is 35.5. The third-order valence-corrected chi connectivity index (χ3v) is 4.33. The zero-order valence-corrected chi connectivity index (χ0v) is 11.0. The summed E-state index contributed by atoms with van der Waals surface area (Å²) >= 11 is 6.02. The number of amides is 1. The zero-order valence-electron chi connectivity index (χ0n) is 10.2. The Morgan fingerprint density at radius 2 is 2.22 bits per heavy atom. The molecule has 1 aromatic carbocycles. The molecule has 0 radical (unpaired) electrons. The van der Waals surface area contributed by atoms with Crippen molar-refractivity contribution in [2.75, 3.05) is 11.4 Å². The first-order valence-corrected chi connectivity index (χ1v) is 6.90. The first-order valence-electron chi connectivity index (χ1n) is 6.52. The first-order chi connectivity index (χ1) is 8.66. The van der Waals surface area contributed by atoms with E-state index in [0.717, 1.165) is 37.9 Å². The van der Waals surface area contributed by atoms with Crippen molar-refractivity contribution in [3.8, 4) is 0 Å². The minimum Gasteiger partial charge on any atom is -0.327 e. The van der Waals surface area contributed by atoms with Crippen molar-refractivity contribution < 1.29 is 4.79 Å². The molecule has 1 aliphatic heterocycles. The number of nitrogens with two attached hydrogens (primary N) is 1. The number of hydrogen-bond donors (Lipinski definition) is 1. The molecule has 1 saturated carbocycles. The van der Waals surface area contributed by atoms with Gasteiger partial charge in [0, 0.05) is 23.3 Å². The first kappa shape index (κ1) is 12.0. The smallest absolute Gasteiger partial charge is 0.231 e. The van der Waals surface area contributed by atoms with E-state index in [0.29, 0.717) is 5.02 Å². The van der Waals surface area contributed by atoms with Crippen LogP contribution in [0.1, 0.15) is 24.8 Å². The molecule has 96 valence electrons. The van der Waals surface area contributed by atoms with Crippen LogP contribution in [0.5, 0.6) is 0 Å². The molecule has 2 atom stereocenters. The van der Waals surface area contributed by atoms with Crippen molar-refractivity contribution in [3.05, 3.63) is 28.8 Å². The van der Waals surface area contributed by atoms with Crippen LogP contribution in [0.25, 0.3) is 0 Å². The van der Waals surface area contributed by atoms with Gasteiger partial charge in [0.1, 0.15) is 0 Å². The van der Waals surface area contributed by atoms with Crippen molar-refractivity contribution in [2.45, 2.75) is 31.7 Å². The van der Waals surface area contributed by atoms with E-state index in [1.807, 2.05) is 23.1 Å². The summed E-state index contributed by atoms with van der Waals surface area (Å²) in [5.74, 6) is 0.177. The second kappa shape index (κ2) is 4.56. The summed E-state index contributed by atoms with van der Waals surface area (Å²) in [5.41, 5.74) is 8.21. The van der Waals surface area contributed by atoms with Crippen molar-refractivity contribution in [1.29, 1.82) is 0 Å². The maximum Gasteiger partial charge on any atom is 0.231 e. The van der Waals surface area contributed by atoms with Gasteiger partial charge >= 0.3 is 0 Å². The third kappa shape index (κ3) is 1.91. The van der Waals surface area contributed by atoms with Crippen molar-refractivity contribution in [3.63, 3.8) is 0 Å². The Kier molecular flexibility index (Phi) is 3.04. The number of carbonyl (C=O) groups excluding carboxylic acids is 1. The summed E-state index contributed by atoms with van der Waals surface area (Å²) in [7, 11) is 0. The molecule has 0 unspecified atom stereocenters. The molecule has 0 bridgehead atoms. The van der Waals surface area contributed by atoms with Crippen LogP contribution in [0.3, 0.4) is 0 Å². The van der Waals surface area contributed by atoms with Gasteiger partial charge in [-0.15, -0.1) is 0 Å². The monoisotopic (exact) mass is 264 g/mol. The highest BCUT2D eigenvalue weighted by Crippen LogP contribution is 2.34. The van der Waals surface area contributed by atoms with Crippen LogP contribution >= 0.6 is 11.6 Å². The summed E-state index contributed by atoms with van der Waals surface area (Å²) in [6.45, 7) is 0.762. The molecule has 2 N–H and O–H groups in total. The van der Waals surface area contributed by atoms with E-state index in [4.69, 9.17) is 17.3 Å². The van der Waals surface area contributed by atoms with Crippen LogP contribution < -0.4 is 10.6 Å². The van der Waals surface area contributed by atoms with Gasteiger partial charge in [-0.05, 0) is 37.0 Å². The molecule has 1 heterocycles. The average molecular weight is 265 g/mol. The van der Waals surface area contributed by atoms with Crippen molar-refractivity contribution in [2.24, 2.45) is 11.7 Å². The predicted octanol–water partition coefficient (Wildman–Crippen LogP) is 2.36. The molecule has 1 amide bonds. The number of hydrogen-bond acceptors (Lipinski definition) is 2. The summed E-state index contributed by atoms with van der Waals surface area (Å²) in [5, 5.41) is 0.684. The molecule has 0 aromatic heterocycles. The highest BCUT2D eigenvalue weighted by Gasteiger charge is 2.36. The lowest BCUT2D eigenvalue weighted by Gasteiger charge is -2.23. The maximum atomic E-state index is 12.5. The van der Waals surface area contributed by atoms with E-state index in [2.05, 4.69) is 0 Å². The molecular formula is C14H17ClN2O.